The fourth-order valence-electron chi connectivity index (χ4n) is 5.19. The number of amides is 2. The number of nitrogens with zero attached hydrogens (tertiary/aromatic N) is 2. The third-order valence-electron chi connectivity index (χ3n) is 6.64. The molecule has 170 valence electrons. The zero-order valence-electron chi connectivity index (χ0n) is 18.2. The van der Waals surface area contributed by atoms with E-state index in [0.29, 0.717) is 30.1 Å². The van der Waals surface area contributed by atoms with Gasteiger partial charge in [-0.1, -0.05) is 72.3 Å². The van der Waals surface area contributed by atoms with E-state index in [1.165, 1.54) is 6.26 Å². The molecule has 0 N–H and O–H groups in total. The quantitative estimate of drug-likeness (QED) is 0.568. The summed E-state index contributed by atoms with van der Waals surface area (Å²) in [6.45, 7) is 0.773. The maximum absolute atomic E-state index is 13.8. The molecule has 2 atom stereocenters. The Morgan fingerprint density at radius 3 is 2.50 bits per heavy atom. The maximum atomic E-state index is 13.8. The van der Waals surface area contributed by atoms with Gasteiger partial charge in [0.15, 0.2) is 5.66 Å². The first kappa shape index (κ1) is 20.8. The number of rotatable bonds is 4. The topological polar surface area (TPSA) is 59.1 Å². The van der Waals surface area contributed by atoms with Crippen molar-refractivity contribution >= 4 is 23.4 Å². The smallest absolute Gasteiger partial charge is 0.294 e. The lowest BCUT2D eigenvalue weighted by Gasteiger charge is -2.40. The van der Waals surface area contributed by atoms with Crippen LogP contribution < -0.4 is 0 Å². The zero-order chi connectivity index (χ0) is 23.3. The minimum absolute atomic E-state index is 0.0969. The average Bonchev–Trinajstić information content (AvgIpc) is 3.55. The summed E-state index contributed by atoms with van der Waals surface area (Å²) in [4.78, 5) is 30.7. The van der Waals surface area contributed by atoms with E-state index in [1.807, 2.05) is 60.7 Å². The monoisotopic (exact) mass is 472 g/mol. The van der Waals surface area contributed by atoms with E-state index in [-0.39, 0.29) is 17.6 Å². The van der Waals surface area contributed by atoms with Gasteiger partial charge >= 0.3 is 0 Å². The molecule has 0 aliphatic carbocycles. The predicted molar refractivity (Wildman–Crippen MR) is 126 cm³/mol. The molecule has 2 unspecified atom stereocenters. The third-order valence-corrected chi connectivity index (χ3v) is 6.89. The Hall–Kier alpha value is -3.77. The van der Waals surface area contributed by atoms with Crippen molar-refractivity contribution in [1.29, 1.82) is 0 Å². The standard InChI is InChI=1S/C27H21ClN2O4/c28-20-12-10-19(11-13-20)27-22-9-5-4-8-21(22)25(31)29(27)14-15-30(27)26(32)23-17-33-24(34-23)16-18-6-2-1-3-7-18/h1-13,17,24H,14-16H2. The number of fused-ring (bicyclic) bond motifs is 3. The molecule has 34 heavy (non-hydrogen) atoms. The van der Waals surface area contributed by atoms with Crippen LogP contribution in [-0.4, -0.2) is 41.0 Å². The van der Waals surface area contributed by atoms with Gasteiger partial charge in [-0.05, 0) is 23.8 Å². The van der Waals surface area contributed by atoms with E-state index in [1.54, 1.807) is 28.0 Å². The van der Waals surface area contributed by atoms with Gasteiger partial charge in [-0.2, -0.15) is 0 Å². The van der Waals surface area contributed by atoms with Crippen molar-refractivity contribution in [2.45, 2.75) is 18.4 Å². The molecule has 3 aliphatic rings. The Balaban J connectivity index is 1.37. The Bertz CT molecular complexity index is 1310. The van der Waals surface area contributed by atoms with Gasteiger partial charge < -0.3 is 19.3 Å². The minimum atomic E-state index is -1.07. The summed E-state index contributed by atoms with van der Waals surface area (Å²) in [5.41, 5.74) is 2.14. The Labute approximate surface area is 201 Å². The summed E-state index contributed by atoms with van der Waals surface area (Å²) in [7, 11) is 0. The summed E-state index contributed by atoms with van der Waals surface area (Å²) in [5.74, 6) is -0.286. The second-order valence-corrected chi connectivity index (χ2v) is 8.93. The van der Waals surface area contributed by atoms with Gasteiger partial charge in [-0.15, -0.1) is 0 Å². The van der Waals surface area contributed by atoms with Gasteiger partial charge in [-0.25, -0.2) is 0 Å². The lowest BCUT2D eigenvalue weighted by Crippen LogP contribution is -2.52. The van der Waals surface area contributed by atoms with Gasteiger partial charge in [0.05, 0.1) is 0 Å². The predicted octanol–water partition coefficient (Wildman–Crippen LogP) is 4.30. The molecule has 3 heterocycles. The second kappa shape index (κ2) is 7.92. The molecule has 0 aromatic heterocycles. The molecular formula is C27H21ClN2O4. The first-order valence-electron chi connectivity index (χ1n) is 11.1. The summed E-state index contributed by atoms with van der Waals surface area (Å²) in [6.07, 6.45) is 1.32. The first-order chi connectivity index (χ1) is 16.6. The number of carbonyl (C=O) groups is 2. The van der Waals surface area contributed by atoms with Crippen LogP contribution in [0.25, 0.3) is 0 Å². The molecule has 0 bridgehead atoms. The summed E-state index contributed by atoms with van der Waals surface area (Å²) < 4.78 is 11.6. The van der Waals surface area contributed by atoms with Crippen molar-refractivity contribution in [1.82, 2.24) is 9.80 Å². The zero-order valence-corrected chi connectivity index (χ0v) is 18.9. The summed E-state index contributed by atoms with van der Waals surface area (Å²) >= 11 is 6.17. The molecule has 1 saturated heterocycles. The number of ether oxygens (including phenoxy) is 2. The molecule has 1 fully saturated rings. The number of halogens is 1. The van der Waals surface area contributed by atoms with Crippen LogP contribution in [0.4, 0.5) is 0 Å². The largest absolute Gasteiger partial charge is 0.458 e. The van der Waals surface area contributed by atoms with E-state index in [4.69, 9.17) is 21.1 Å². The molecule has 6 rings (SSSR count). The van der Waals surface area contributed by atoms with Crippen molar-refractivity contribution < 1.29 is 19.1 Å². The second-order valence-electron chi connectivity index (χ2n) is 8.49. The maximum Gasteiger partial charge on any atom is 0.294 e. The van der Waals surface area contributed by atoms with E-state index in [2.05, 4.69) is 0 Å². The highest BCUT2D eigenvalue weighted by Crippen LogP contribution is 2.50. The molecule has 3 aliphatic heterocycles. The van der Waals surface area contributed by atoms with Crippen molar-refractivity contribution in [3.8, 4) is 0 Å². The number of hydrogen-bond donors (Lipinski definition) is 0. The molecule has 0 saturated carbocycles. The lowest BCUT2D eigenvalue weighted by molar-refractivity contribution is -0.138. The van der Waals surface area contributed by atoms with Crippen molar-refractivity contribution in [3.63, 3.8) is 0 Å². The van der Waals surface area contributed by atoms with Crippen LogP contribution in [0.15, 0.2) is 90.9 Å². The molecule has 3 aromatic rings. The van der Waals surface area contributed by atoms with E-state index in [0.717, 1.165) is 16.7 Å². The van der Waals surface area contributed by atoms with Crippen LogP contribution in [0.3, 0.4) is 0 Å². The highest BCUT2D eigenvalue weighted by Gasteiger charge is 2.60. The van der Waals surface area contributed by atoms with Crippen LogP contribution in [0, 0.1) is 0 Å². The Morgan fingerprint density at radius 2 is 1.71 bits per heavy atom. The number of carbonyl (C=O) groups excluding carboxylic acids is 2. The third kappa shape index (κ3) is 3.02. The number of benzene rings is 3. The van der Waals surface area contributed by atoms with E-state index in [9.17, 15) is 9.59 Å². The Kier molecular flexibility index (Phi) is 4.85. The van der Waals surface area contributed by atoms with Crippen LogP contribution in [0.5, 0.6) is 0 Å². The highest BCUT2D eigenvalue weighted by molar-refractivity contribution is 6.30. The lowest BCUT2D eigenvalue weighted by atomic mass is 9.89. The van der Waals surface area contributed by atoms with Crippen LogP contribution in [0.2, 0.25) is 5.02 Å². The van der Waals surface area contributed by atoms with E-state index < -0.39 is 12.0 Å². The molecule has 6 nitrogen and oxygen atoms in total. The molecule has 0 radical (unpaired) electrons. The fourth-order valence-corrected chi connectivity index (χ4v) is 5.32. The summed E-state index contributed by atoms with van der Waals surface area (Å²) in [6, 6.07) is 24.6. The van der Waals surface area contributed by atoms with Gasteiger partial charge in [0.2, 0.25) is 12.0 Å². The van der Waals surface area contributed by atoms with Crippen molar-refractivity contribution in [2.75, 3.05) is 13.1 Å². The number of hydrogen-bond acceptors (Lipinski definition) is 4. The minimum Gasteiger partial charge on any atom is -0.458 e. The molecule has 2 amide bonds. The van der Waals surface area contributed by atoms with Gasteiger partial charge in [-0.3, -0.25) is 9.59 Å². The van der Waals surface area contributed by atoms with Crippen molar-refractivity contribution in [3.05, 3.63) is 118 Å². The Morgan fingerprint density at radius 1 is 0.971 bits per heavy atom. The van der Waals surface area contributed by atoms with Crippen molar-refractivity contribution in [2.24, 2.45) is 0 Å². The van der Waals surface area contributed by atoms with Crippen LogP contribution >= 0.6 is 11.6 Å². The fraction of sp³-hybridized carbons (Fsp3) is 0.185. The van der Waals surface area contributed by atoms with Gasteiger partial charge in [0, 0.05) is 41.2 Å². The average molecular weight is 473 g/mol. The normalized spacial score (nSPS) is 22.7. The van der Waals surface area contributed by atoms with E-state index >= 15 is 0 Å². The molecule has 0 spiro atoms. The van der Waals surface area contributed by atoms with Crippen LogP contribution in [0.1, 0.15) is 27.0 Å². The SMILES string of the molecule is O=C(C1=COC(Cc2ccccc2)O1)N1CCN2C(=O)c3ccccc3C12c1ccc(Cl)cc1. The molecule has 3 aromatic carbocycles. The summed E-state index contributed by atoms with van der Waals surface area (Å²) in [5, 5.41) is 0.583. The molecular weight excluding hydrogens is 452 g/mol. The molecule has 7 heteroatoms. The van der Waals surface area contributed by atoms with Crippen LogP contribution in [-0.2, 0) is 26.4 Å². The van der Waals surface area contributed by atoms with Gasteiger partial charge in [0.1, 0.15) is 6.26 Å². The first-order valence-corrected chi connectivity index (χ1v) is 11.5. The highest BCUT2D eigenvalue weighted by atomic mass is 35.5. The van der Waals surface area contributed by atoms with Gasteiger partial charge in [0.25, 0.3) is 11.8 Å².